The van der Waals surface area contributed by atoms with Crippen LogP contribution in [0.25, 0.3) is 10.2 Å². The molecular formula is C14H10BrF2N3OS. The third-order valence-corrected chi connectivity index (χ3v) is 4.84. The molecule has 0 aliphatic carbocycles. The number of nitrogens with zero attached hydrogens (tertiary/aromatic N) is 2. The van der Waals surface area contributed by atoms with Crippen LogP contribution in [0.5, 0.6) is 0 Å². The first-order chi connectivity index (χ1) is 10.5. The Morgan fingerprint density at radius 1 is 1.41 bits per heavy atom. The van der Waals surface area contributed by atoms with Crippen LogP contribution in [0.1, 0.15) is 15.2 Å². The fourth-order valence-electron chi connectivity index (χ4n) is 2.07. The van der Waals surface area contributed by atoms with Gasteiger partial charge >= 0.3 is 0 Å². The number of aromatic nitrogens is 2. The van der Waals surface area contributed by atoms with Gasteiger partial charge in [0.1, 0.15) is 21.1 Å². The number of amides is 1. The van der Waals surface area contributed by atoms with Crippen LogP contribution in [0.2, 0.25) is 0 Å². The number of halogens is 3. The van der Waals surface area contributed by atoms with E-state index in [0.29, 0.717) is 14.3 Å². The molecule has 2 heterocycles. The minimum absolute atomic E-state index is 0.124. The van der Waals surface area contributed by atoms with Gasteiger partial charge in [-0.05, 0) is 34.1 Å². The Morgan fingerprint density at radius 2 is 2.09 bits per heavy atom. The molecule has 4 nitrogen and oxygen atoms in total. The van der Waals surface area contributed by atoms with Crippen LogP contribution in [0.15, 0.2) is 28.9 Å². The SMILES string of the molecule is CN(Cc1c(F)cccc1F)C(=O)c1cc2c(Br)[nH]nc2s1. The van der Waals surface area contributed by atoms with E-state index in [-0.39, 0.29) is 18.0 Å². The highest BCUT2D eigenvalue weighted by molar-refractivity contribution is 9.10. The first-order valence-corrected chi connectivity index (χ1v) is 7.90. The van der Waals surface area contributed by atoms with Crippen molar-refractivity contribution in [3.8, 4) is 0 Å². The Hall–Kier alpha value is -1.80. The van der Waals surface area contributed by atoms with Crippen molar-refractivity contribution in [2.75, 3.05) is 7.05 Å². The molecule has 3 aromatic rings. The molecule has 8 heteroatoms. The zero-order valence-electron chi connectivity index (χ0n) is 11.4. The highest BCUT2D eigenvalue weighted by Gasteiger charge is 2.20. The van der Waals surface area contributed by atoms with Crippen molar-refractivity contribution < 1.29 is 13.6 Å². The molecular weight excluding hydrogens is 376 g/mol. The minimum atomic E-state index is -0.663. The summed E-state index contributed by atoms with van der Waals surface area (Å²) in [6, 6.07) is 5.34. The number of rotatable bonds is 3. The van der Waals surface area contributed by atoms with Crippen LogP contribution in [0, 0.1) is 11.6 Å². The highest BCUT2D eigenvalue weighted by atomic mass is 79.9. The summed E-state index contributed by atoms with van der Waals surface area (Å²) in [6.45, 7) is -0.139. The summed E-state index contributed by atoms with van der Waals surface area (Å²) in [5, 5.41) is 7.61. The van der Waals surface area contributed by atoms with Crippen LogP contribution in [-0.2, 0) is 6.54 Å². The monoisotopic (exact) mass is 385 g/mol. The number of carbonyl (C=O) groups excluding carboxylic acids is 1. The number of aromatic amines is 1. The maximum absolute atomic E-state index is 13.7. The van der Waals surface area contributed by atoms with E-state index in [1.54, 1.807) is 6.07 Å². The highest BCUT2D eigenvalue weighted by Crippen LogP contribution is 2.30. The molecule has 0 bridgehead atoms. The van der Waals surface area contributed by atoms with Crippen LogP contribution >= 0.6 is 27.3 Å². The topological polar surface area (TPSA) is 49.0 Å². The van der Waals surface area contributed by atoms with Crippen molar-refractivity contribution in [2.45, 2.75) is 6.54 Å². The summed E-state index contributed by atoms with van der Waals surface area (Å²) in [7, 11) is 1.51. The Kier molecular flexibility index (Phi) is 3.96. The van der Waals surface area contributed by atoms with E-state index in [1.165, 1.54) is 41.5 Å². The zero-order valence-corrected chi connectivity index (χ0v) is 13.8. The first-order valence-electron chi connectivity index (χ1n) is 6.29. The summed E-state index contributed by atoms with van der Waals surface area (Å²) < 4.78 is 28.0. The zero-order chi connectivity index (χ0) is 15.9. The number of thiophene rings is 1. The molecule has 0 saturated heterocycles. The normalized spacial score (nSPS) is 11.1. The Morgan fingerprint density at radius 3 is 2.73 bits per heavy atom. The van der Waals surface area contributed by atoms with Gasteiger partial charge in [-0.15, -0.1) is 11.3 Å². The van der Waals surface area contributed by atoms with E-state index in [0.717, 1.165) is 5.39 Å². The van der Waals surface area contributed by atoms with Gasteiger partial charge in [-0.3, -0.25) is 9.89 Å². The van der Waals surface area contributed by atoms with Gasteiger partial charge in [0.2, 0.25) is 0 Å². The number of benzene rings is 1. The smallest absolute Gasteiger partial charge is 0.264 e. The third kappa shape index (κ3) is 2.64. The maximum Gasteiger partial charge on any atom is 0.264 e. The molecule has 22 heavy (non-hydrogen) atoms. The fourth-order valence-corrected chi connectivity index (χ4v) is 3.58. The van der Waals surface area contributed by atoms with Crippen LogP contribution in [-0.4, -0.2) is 28.1 Å². The number of hydrogen-bond donors (Lipinski definition) is 1. The van der Waals surface area contributed by atoms with Gasteiger partial charge < -0.3 is 4.90 Å². The molecule has 3 rings (SSSR count). The quantitative estimate of drug-likeness (QED) is 0.742. The minimum Gasteiger partial charge on any atom is -0.336 e. The fraction of sp³-hybridized carbons (Fsp3) is 0.143. The number of H-pyrrole nitrogens is 1. The van der Waals surface area contributed by atoms with Crippen molar-refractivity contribution in [1.82, 2.24) is 15.1 Å². The van der Waals surface area contributed by atoms with E-state index in [9.17, 15) is 13.6 Å². The van der Waals surface area contributed by atoms with Gasteiger partial charge in [0.05, 0.1) is 11.4 Å². The lowest BCUT2D eigenvalue weighted by molar-refractivity contribution is 0.0787. The van der Waals surface area contributed by atoms with E-state index in [1.807, 2.05) is 0 Å². The summed E-state index contributed by atoms with van der Waals surface area (Å²) in [5.74, 6) is -1.63. The number of fused-ring (bicyclic) bond motifs is 1. The summed E-state index contributed by atoms with van der Waals surface area (Å²) in [4.78, 5) is 14.8. The lowest BCUT2D eigenvalue weighted by atomic mass is 10.2. The predicted octanol–water partition coefficient (Wildman–Crippen LogP) is 3.94. The second kappa shape index (κ2) is 5.77. The Bertz CT molecular complexity index is 841. The van der Waals surface area contributed by atoms with Gasteiger partial charge in [-0.25, -0.2) is 8.78 Å². The van der Waals surface area contributed by atoms with Gasteiger partial charge in [-0.2, -0.15) is 5.10 Å². The van der Waals surface area contributed by atoms with Crippen LogP contribution in [0.4, 0.5) is 8.78 Å². The second-order valence-corrected chi connectivity index (χ2v) is 6.55. The predicted molar refractivity (Wildman–Crippen MR) is 83.8 cm³/mol. The molecule has 0 aliphatic heterocycles. The molecule has 1 N–H and O–H groups in total. The van der Waals surface area contributed by atoms with E-state index in [4.69, 9.17) is 0 Å². The van der Waals surface area contributed by atoms with Crippen LogP contribution in [0.3, 0.4) is 0 Å². The molecule has 1 amide bonds. The summed E-state index contributed by atoms with van der Waals surface area (Å²) >= 11 is 4.53. The van der Waals surface area contributed by atoms with Gasteiger partial charge in [-0.1, -0.05) is 6.07 Å². The molecule has 0 unspecified atom stereocenters. The molecule has 0 atom stereocenters. The van der Waals surface area contributed by atoms with Crippen molar-refractivity contribution in [3.05, 3.63) is 50.9 Å². The maximum atomic E-state index is 13.7. The number of hydrogen-bond acceptors (Lipinski definition) is 3. The van der Waals surface area contributed by atoms with Gasteiger partial charge in [0.25, 0.3) is 5.91 Å². The molecule has 0 fully saturated rings. The molecule has 114 valence electrons. The summed E-state index contributed by atoms with van der Waals surface area (Å²) in [5.41, 5.74) is -0.124. The molecule has 0 saturated carbocycles. The van der Waals surface area contributed by atoms with E-state index in [2.05, 4.69) is 26.1 Å². The second-order valence-electron chi connectivity index (χ2n) is 4.73. The van der Waals surface area contributed by atoms with Gasteiger partial charge in [0.15, 0.2) is 0 Å². The Labute approximate surface area is 136 Å². The average Bonchev–Trinajstić information content (AvgIpc) is 3.05. The molecule has 0 radical (unpaired) electrons. The standard InChI is InChI=1S/C14H10BrF2N3OS/c1-20(6-8-9(16)3-2-4-10(8)17)14(21)11-5-7-12(15)18-19-13(7)22-11/h2-5H,6H2,1H3,(H,18,19). The first kappa shape index (κ1) is 15.1. The van der Waals surface area contributed by atoms with E-state index >= 15 is 0 Å². The average molecular weight is 386 g/mol. The van der Waals surface area contributed by atoms with Gasteiger partial charge in [0, 0.05) is 18.0 Å². The Balaban J connectivity index is 1.85. The third-order valence-electron chi connectivity index (χ3n) is 3.22. The van der Waals surface area contributed by atoms with Crippen molar-refractivity contribution in [3.63, 3.8) is 0 Å². The largest absolute Gasteiger partial charge is 0.336 e. The van der Waals surface area contributed by atoms with Crippen LogP contribution < -0.4 is 0 Å². The van der Waals surface area contributed by atoms with Crippen molar-refractivity contribution in [2.24, 2.45) is 0 Å². The summed E-state index contributed by atoms with van der Waals surface area (Å²) in [6.07, 6.45) is 0. The number of carbonyl (C=O) groups is 1. The molecule has 0 spiro atoms. The van der Waals surface area contributed by atoms with Crippen molar-refractivity contribution >= 4 is 43.4 Å². The number of nitrogens with one attached hydrogen (secondary N) is 1. The van der Waals surface area contributed by atoms with E-state index < -0.39 is 11.6 Å². The lowest BCUT2D eigenvalue weighted by Crippen LogP contribution is -2.26. The molecule has 0 aliphatic rings. The molecule has 2 aromatic heterocycles. The molecule has 1 aromatic carbocycles. The van der Waals surface area contributed by atoms with Crippen molar-refractivity contribution in [1.29, 1.82) is 0 Å². The lowest BCUT2D eigenvalue weighted by Gasteiger charge is -2.17.